The van der Waals surface area contributed by atoms with Crippen molar-refractivity contribution in [2.75, 3.05) is 0 Å². The summed E-state index contributed by atoms with van der Waals surface area (Å²) in [5.74, 6) is -0.291. The van der Waals surface area contributed by atoms with E-state index in [2.05, 4.69) is 11.7 Å². The first kappa shape index (κ1) is 15.9. The van der Waals surface area contributed by atoms with Crippen LogP contribution in [0.5, 0.6) is 5.75 Å². The molecule has 0 aliphatic rings. The lowest BCUT2D eigenvalue weighted by molar-refractivity contribution is -0.0498. The van der Waals surface area contributed by atoms with Gasteiger partial charge in [0.05, 0.1) is 0 Å². The van der Waals surface area contributed by atoms with Crippen LogP contribution >= 0.6 is 0 Å². The number of ether oxygens (including phenoxy) is 1. The van der Waals surface area contributed by atoms with Crippen LogP contribution in [0, 0.1) is 0 Å². The number of hydrogen-bond acceptors (Lipinski definition) is 2. The summed E-state index contributed by atoms with van der Waals surface area (Å²) in [6, 6.07) is 13.6. The van der Waals surface area contributed by atoms with Gasteiger partial charge in [-0.2, -0.15) is 8.78 Å². The zero-order valence-electron chi connectivity index (χ0n) is 12.1. The van der Waals surface area contributed by atoms with E-state index in [-0.39, 0.29) is 11.5 Å². The summed E-state index contributed by atoms with van der Waals surface area (Å²) < 4.78 is 28.6. The molecule has 4 heteroatoms. The van der Waals surface area contributed by atoms with E-state index in [4.69, 9.17) is 0 Å². The molecule has 0 saturated carbocycles. The van der Waals surface area contributed by atoms with Crippen LogP contribution in [0.1, 0.15) is 28.4 Å². The van der Waals surface area contributed by atoms with Gasteiger partial charge in [0, 0.05) is 5.56 Å². The van der Waals surface area contributed by atoms with E-state index >= 15 is 0 Å². The van der Waals surface area contributed by atoms with Crippen LogP contribution in [0.4, 0.5) is 8.78 Å². The predicted octanol–water partition coefficient (Wildman–Crippen LogP) is 4.75. The molecule has 0 atom stereocenters. The molecule has 114 valence electrons. The number of carbonyl (C=O) groups excluding carboxylic acids is 1. The summed E-state index contributed by atoms with van der Waals surface area (Å²) in [5.41, 5.74) is 2.44. The Morgan fingerprint density at radius 2 is 1.91 bits per heavy atom. The summed E-state index contributed by atoms with van der Waals surface area (Å²) in [7, 11) is 0. The zero-order valence-corrected chi connectivity index (χ0v) is 12.1. The average molecular weight is 302 g/mol. The second kappa shape index (κ2) is 7.50. The lowest BCUT2D eigenvalue weighted by Crippen LogP contribution is -2.03. The van der Waals surface area contributed by atoms with Gasteiger partial charge >= 0.3 is 6.61 Å². The predicted molar refractivity (Wildman–Crippen MR) is 82.3 cm³/mol. The lowest BCUT2D eigenvalue weighted by Gasteiger charge is -2.05. The maximum Gasteiger partial charge on any atom is 0.387 e. The van der Waals surface area contributed by atoms with Gasteiger partial charge in [0.1, 0.15) is 5.75 Å². The Morgan fingerprint density at radius 3 is 2.55 bits per heavy atom. The highest BCUT2D eigenvalue weighted by Crippen LogP contribution is 2.17. The monoisotopic (exact) mass is 302 g/mol. The summed E-state index contributed by atoms with van der Waals surface area (Å²) in [6.07, 6.45) is 4.07. The Balaban J connectivity index is 2.09. The minimum Gasteiger partial charge on any atom is -0.435 e. The first-order valence-corrected chi connectivity index (χ1v) is 6.94. The minimum absolute atomic E-state index is 0.0263. The Bertz CT molecular complexity index is 661. The molecule has 0 saturated heterocycles. The number of alkyl halides is 2. The van der Waals surface area contributed by atoms with Crippen LogP contribution in [0.15, 0.2) is 54.6 Å². The minimum atomic E-state index is -2.90. The number of benzene rings is 2. The highest BCUT2D eigenvalue weighted by atomic mass is 19.3. The van der Waals surface area contributed by atoms with Crippen LogP contribution in [0.3, 0.4) is 0 Å². The highest BCUT2D eigenvalue weighted by Gasteiger charge is 2.07. The summed E-state index contributed by atoms with van der Waals surface area (Å²) in [5, 5.41) is 0. The smallest absolute Gasteiger partial charge is 0.387 e. The van der Waals surface area contributed by atoms with Crippen LogP contribution < -0.4 is 4.74 Å². The van der Waals surface area contributed by atoms with Crippen molar-refractivity contribution in [3.63, 3.8) is 0 Å². The third-order valence-electron chi connectivity index (χ3n) is 3.16. The maximum absolute atomic E-state index is 12.2. The molecule has 2 rings (SSSR count). The van der Waals surface area contributed by atoms with Crippen molar-refractivity contribution in [3.05, 3.63) is 71.3 Å². The van der Waals surface area contributed by atoms with Crippen molar-refractivity contribution in [3.8, 4) is 5.75 Å². The molecule has 2 nitrogen and oxygen atoms in total. The topological polar surface area (TPSA) is 26.3 Å². The molecule has 2 aromatic rings. The van der Waals surface area contributed by atoms with Gasteiger partial charge in [0.25, 0.3) is 0 Å². The second-order valence-corrected chi connectivity index (χ2v) is 4.70. The van der Waals surface area contributed by atoms with E-state index in [1.807, 2.05) is 24.3 Å². The Labute approximate surface area is 128 Å². The number of ketones is 1. The molecule has 0 aromatic heterocycles. The van der Waals surface area contributed by atoms with Crippen molar-refractivity contribution < 1.29 is 18.3 Å². The maximum atomic E-state index is 12.2. The number of aryl methyl sites for hydroxylation is 1. The van der Waals surface area contributed by atoms with Crippen molar-refractivity contribution in [2.45, 2.75) is 20.0 Å². The van der Waals surface area contributed by atoms with Gasteiger partial charge in [0.2, 0.25) is 0 Å². The normalized spacial score (nSPS) is 11.1. The molecule has 0 bridgehead atoms. The fourth-order valence-electron chi connectivity index (χ4n) is 1.96. The van der Waals surface area contributed by atoms with Gasteiger partial charge in [-0.25, -0.2) is 0 Å². The molecular formula is C18H16F2O2. The molecule has 0 spiro atoms. The molecule has 2 aromatic carbocycles. The van der Waals surface area contributed by atoms with Crippen molar-refractivity contribution in [2.24, 2.45) is 0 Å². The number of allylic oxidation sites excluding steroid dienone is 1. The number of hydrogen-bond donors (Lipinski definition) is 0. The van der Waals surface area contributed by atoms with Crippen LogP contribution in [0.2, 0.25) is 0 Å². The fraction of sp³-hybridized carbons (Fsp3) is 0.167. The van der Waals surface area contributed by atoms with Crippen LogP contribution in [-0.4, -0.2) is 12.4 Å². The standard InChI is InChI=1S/C18H16F2O2/c1-2-13-6-8-14(9-7-13)10-11-17(21)15-4-3-5-16(12-15)22-18(19)20/h3-12,18H,2H2,1H3/b11-10+. The Kier molecular flexibility index (Phi) is 5.42. The summed E-state index contributed by atoms with van der Waals surface area (Å²) in [6.45, 7) is -0.832. The second-order valence-electron chi connectivity index (χ2n) is 4.70. The van der Waals surface area contributed by atoms with E-state index in [9.17, 15) is 13.6 Å². The molecule has 0 amide bonds. The summed E-state index contributed by atoms with van der Waals surface area (Å²) in [4.78, 5) is 12.0. The van der Waals surface area contributed by atoms with Crippen LogP contribution in [-0.2, 0) is 6.42 Å². The average Bonchev–Trinajstić information content (AvgIpc) is 2.52. The number of halogens is 2. The van der Waals surface area contributed by atoms with Gasteiger partial charge in [-0.15, -0.1) is 0 Å². The largest absolute Gasteiger partial charge is 0.435 e. The molecule has 0 radical (unpaired) electrons. The fourth-order valence-corrected chi connectivity index (χ4v) is 1.96. The van der Waals surface area contributed by atoms with Gasteiger partial charge in [0.15, 0.2) is 5.78 Å². The number of carbonyl (C=O) groups is 1. The quantitative estimate of drug-likeness (QED) is 0.569. The molecular weight excluding hydrogens is 286 g/mol. The van der Waals surface area contributed by atoms with Crippen molar-refractivity contribution in [1.29, 1.82) is 0 Å². The first-order valence-electron chi connectivity index (χ1n) is 6.94. The molecule has 0 unspecified atom stereocenters. The summed E-state index contributed by atoms with van der Waals surface area (Å²) >= 11 is 0. The number of rotatable bonds is 6. The Morgan fingerprint density at radius 1 is 1.18 bits per heavy atom. The van der Waals surface area contributed by atoms with E-state index in [1.165, 1.54) is 29.8 Å². The third-order valence-corrected chi connectivity index (χ3v) is 3.16. The van der Waals surface area contributed by atoms with Crippen molar-refractivity contribution >= 4 is 11.9 Å². The SMILES string of the molecule is CCc1ccc(/C=C/C(=O)c2cccc(OC(F)F)c2)cc1. The van der Waals surface area contributed by atoms with Gasteiger partial charge in [-0.3, -0.25) is 4.79 Å². The highest BCUT2D eigenvalue weighted by molar-refractivity contribution is 6.07. The van der Waals surface area contributed by atoms with Gasteiger partial charge in [-0.05, 0) is 35.8 Å². The van der Waals surface area contributed by atoms with Crippen molar-refractivity contribution in [1.82, 2.24) is 0 Å². The lowest BCUT2D eigenvalue weighted by atomic mass is 10.1. The van der Waals surface area contributed by atoms with E-state index < -0.39 is 6.61 Å². The first-order chi connectivity index (χ1) is 10.6. The van der Waals surface area contributed by atoms with E-state index in [0.717, 1.165) is 12.0 Å². The van der Waals surface area contributed by atoms with Crippen LogP contribution in [0.25, 0.3) is 6.08 Å². The van der Waals surface area contributed by atoms with E-state index in [1.54, 1.807) is 12.1 Å². The molecule has 0 fully saturated rings. The van der Waals surface area contributed by atoms with E-state index in [0.29, 0.717) is 5.56 Å². The molecule has 0 aliphatic carbocycles. The zero-order chi connectivity index (χ0) is 15.9. The molecule has 22 heavy (non-hydrogen) atoms. The Hall–Kier alpha value is -2.49. The molecule has 0 heterocycles. The molecule has 0 aliphatic heterocycles. The van der Waals surface area contributed by atoms with Gasteiger partial charge in [-0.1, -0.05) is 49.4 Å². The third kappa shape index (κ3) is 4.52. The van der Waals surface area contributed by atoms with Gasteiger partial charge < -0.3 is 4.74 Å². The molecule has 0 N–H and O–H groups in total.